The first-order valence-electron chi connectivity index (χ1n) is 5.57. The highest BCUT2D eigenvalue weighted by atomic mass is 32.1. The quantitative estimate of drug-likeness (QED) is 0.948. The van der Waals surface area contributed by atoms with Crippen LogP contribution in [0.2, 0.25) is 0 Å². The van der Waals surface area contributed by atoms with E-state index >= 15 is 0 Å². The van der Waals surface area contributed by atoms with E-state index < -0.39 is 23.4 Å². The van der Waals surface area contributed by atoms with Crippen molar-refractivity contribution in [2.45, 2.75) is 25.6 Å². The molecule has 4 nitrogen and oxygen atoms in total. The number of fused-ring (bicyclic) bond motifs is 1. The number of rotatable bonds is 3. The average molecular weight is 304 g/mol. The SMILES string of the molecule is CC(C)(C(N)=O)c1nc2c(OC(F)(F)F)cccc2s1. The van der Waals surface area contributed by atoms with E-state index in [-0.39, 0.29) is 5.52 Å². The minimum absolute atomic E-state index is 0.0687. The zero-order valence-electron chi connectivity index (χ0n) is 10.6. The molecule has 0 saturated heterocycles. The number of hydrogen-bond acceptors (Lipinski definition) is 4. The minimum atomic E-state index is -4.79. The Labute approximate surface area is 116 Å². The number of aromatic nitrogens is 1. The molecule has 1 aromatic carbocycles. The van der Waals surface area contributed by atoms with E-state index in [1.165, 1.54) is 12.1 Å². The molecule has 0 aliphatic rings. The molecule has 0 radical (unpaired) electrons. The lowest BCUT2D eigenvalue weighted by Crippen LogP contribution is -2.35. The van der Waals surface area contributed by atoms with Crippen molar-refractivity contribution in [3.8, 4) is 5.75 Å². The molecule has 8 heteroatoms. The first-order chi connectivity index (χ1) is 9.11. The number of carbonyl (C=O) groups is 1. The lowest BCUT2D eigenvalue weighted by atomic mass is 9.94. The Balaban J connectivity index is 2.55. The van der Waals surface area contributed by atoms with E-state index in [4.69, 9.17) is 5.73 Å². The molecule has 0 fully saturated rings. The summed E-state index contributed by atoms with van der Waals surface area (Å²) in [5.74, 6) is -0.993. The van der Waals surface area contributed by atoms with Gasteiger partial charge in [-0.2, -0.15) is 0 Å². The van der Waals surface area contributed by atoms with E-state index in [1.807, 2.05) is 0 Å². The van der Waals surface area contributed by atoms with Gasteiger partial charge in [-0.3, -0.25) is 4.79 Å². The van der Waals surface area contributed by atoms with Gasteiger partial charge in [-0.1, -0.05) is 6.07 Å². The third-order valence-corrected chi connectivity index (χ3v) is 4.10. The summed E-state index contributed by atoms with van der Waals surface area (Å²) in [4.78, 5) is 15.5. The lowest BCUT2D eigenvalue weighted by Gasteiger charge is -2.16. The molecule has 0 aliphatic carbocycles. The molecule has 0 bridgehead atoms. The Morgan fingerprint density at radius 1 is 1.35 bits per heavy atom. The number of halogens is 3. The third-order valence-electron chi connectivity index (χ3n) is 2.76. The van der Waals surface area contributed by atoms with Crippen LogP contribution in [-0.2, 0) is 10.2 Å². The Kier molecular flexibility index (Phi) is 3.37. The molecular formula is C12H11F3N2O2S. The summed E-state index contributed by atoms with van der Waals surface area (Å²) in [5.41, 5.74) is 4.29. The van der Waals surface area contributed by atoms with Gasteiger partial charge in [0.25, 0.3) is 0 Å². The summed E-state index contributed by atoms with van der Waals surface area (Å²) in [6.45, 7) is 3.13. The van der Waals surface area contributed by atoms with E-state index in [1.54, 1.807) is 19.9 Å². The van der Waals surface area contributed by atoms with Gasteiger partial charge in [-0.15, -0.1) is 24.5 Å². The molecule has 0 atom stereocenters. The third kappa shape index (κ3) is 2.69. The fourth-order valence-corrected chi connectivity index (χ4v) is 2.59. The standard InChI is InChI=1S/C12H11F3N2O2S/c1-11(2,9(16)18)10-17-8-6(19-12(13,14)15)4-3-5-7(8)20-10/h3-5H,1-2H3,(H2,16,18). The van der Waals surface area contributed by atoms with Crippen LogP contribution in [0, 0.1) is 0 Å². The van der Waals surface area contributed by atoms with Gasteiger partial charge in [0.05, 0.1) is 10.1 Å². The minimum Gasteiger partial charge on any atom is -0.403 e. The number of primary amides is 1. The maximum absolute atomic E-state index is 12.3. The van der Waals surface area contributed by atoms with Gasteiger partial charge in [0, 0.05) is 0 Å². The predicted molar refractivity (Wildman–Crippen MR) is 68.5 cm³/mol. The molecule has 108 valence electrons. The molecule has 2 rings (SSSR count). The van der Waals surface area contributed by atoms with Crippen LogP contribution in [0.1, 0.15) is 18.9 Å². The van der Waals surface area contributed by atoms with E-state index in [2.05, 4.69) is 9.72 Å². The van der Waals surface area contributed by atoms with Crippen molar-refractivity contribution in [2.75, 3.05) is 0 Å². The maximum atomic E-state index is 12.3. The average Bonchev–Trinajstić information content (AvgIpc) is 2.72. The second-order valence-corrected chi connectivity index (χ2v) is 5.69. The molecule has 1 amide bonds. The number of thiazole rings is 1. The van der Waals surface area contributed by atoms with Gasteiger partial charge >= 0.3 is 6.36 Å². The highest BCUT2D eigenvalue weighted by Gasteiger charge is 2.34. The number of nitrogens with zero attached hydrogens (tertiary/aromatic N) is 1. The molecular weight excluding hydrogens is 293 g/mol. The van der Waals surface area contributed by atoms with Crippen molar-refractivity contribution in [3.63, 3.8) is 0 Å². The zero-order valence-corrected chi connectivity index (χ0v) is 11.4. The summed E-state index contributed by atoms with van der Waals surface area (Å²) in [6, 6.07) is 4.22. The number of amides is 1. The summed E-state index contributed by atoms with van der Waals surface area (Å²) in [5, 5.41) is 0.346. The summed E-state index contributed by atoms with van der Waals surface area (Å²) >= 11 is 1.11. The molecule has 0 saturated carbocycles. The maximum Gasteiger partial charge on any atom is 0.573 e. The van der Waals surface area contributed by atoms with Crippen LogP contribution in [0.15, 0.2) is 18.2 Å². The smallest absolute Gasteiger partial charge is 0.403 e. The predicted octanol–water partition coefficient (Wildman–Crippen LogP) is 2.96. The summed E-state index contributed by atoms with van der Waals surface area (Å²) in [7, 11) is 0. The van der Waals surface area contributed by atoms with Crippen molar-refractivity contribution in [3.05, 3.63) is 23.2 Å². The second-order valence-electron chi connectivity index (χ2n) is 4.66. The number of para-hydroxylation sites is 1. The summed E-state index contributed by atoms with van der Waals surface area (Å²) in [6.07, 6.45) is -4.79. The molecule has 2 aromatic rings. The number of hydrogen-bond donors (Lipinski definition) is 1. The zero-order chi connectivity index (χ0) is 15.1. The van der Waals surface area contributed by atoms with E-state index in [0.29, 0.717) is 9.71 Å². The second kappa shape index (κ2) is 4.62. The summed E-state index contributed by atoms with van der Waals surface area (Å²) < 4.78 is 41.4. The van der Waals surface area contributed by atoms with Crippen LogP contribution >= 0.6 is 11.3 Å². The monoisotopic (exact) mass is 304 g/mol. The van der Waals surface area contributed by atoms with Crippen LogP contribution in [0.25, 0.3) is 10.2 Å². The van der Waals surface area contributed by atoms with Crippen LogP contribution < -0.4 is 10.5 Å². The van der Waals surface area contributed by atoms with Crippen molar-refractivity contribution >= 4 is 27.5 Å². The first-order valence-corrected chi connectivity index (χ1v) is 6.38. The van der Waals surface area contributed by atoms with Gasteiger partial charge in [-0.05, 0) is 26.0 Å². The van der Waals surface area contributed by atoms with Gasteiger partial charge in [0.2, 0.25) is 5.91 Å². The van der Waals surface area contributed by atoms with Crippen molar-refractivity contribution in [1.82, 2.24) is 4.98 Å². The Hall–Kier alpha value is -1.83. The van der Waals surface area contributed by atoms with Crippen LogP contribution in [0.5, 0.6) is 5.75 Å². The highest BCUT2D eigenvalue weighted by molar-refractivity contribution is 7.18. The number of alkyl halides is 3. The topological polar surface area (TPSA) is 65.2 Å². The number of nitrogens with two attached hydrogens (primary N) is 1. The van der Waals surface area contributed by atoms with Gasteiger partial charge in [0.1, 0.15) is 10.5 Å². The highest BCUT2D eigenvalue weighted by Crippen LogP contribution is 2.37. The molecule has 0 unspecified atom stereocenters. The molecule has 1 heterocycles. The van der Waals surface area contributed by atoms with Crippen molar-refractivity contribution in [1.29, 1.82) is 0 Å². The Bertz CT molecular complexity index is 664. The van der Waals surface area contributed by atoms with E-state index in [0.717, 1.165) is 11.3 Å². The van der Waals surface area contributed by atoms with Gasteiger partial charge < -0.3 is 10.5 Å². The molecule has 20 heavy (non-hydrogen) atoms. The van der Waals surface area contributed by atoms with Crippen LogP contribution in [-0.4, -0.2) is 17.3 Å². The van der Waals surface area contributed by atoms with Crippen molar-refractivity contribution in [2.24, 2.45) is 5.73 Å². The normalized spacial score (nSPS) is 12.7. The largest absolute Gasteiger partial charge is 0.573 e. The molecule has 1 aromatic heterocycles. The number of benzene rings is 1. The Morgan fingerprint density at radius 3 is 2.55 bits per heavy atom. The number of carbonyl (C=O) groups excluding carboxylic acids is 1. The van der Waals surface area contributed by atoms with E-state index in [9.17, 15) is 18.0 Å². The fourth-order valence-electron chi connectivity index (χ4n) is 1.50. The van der Waals surface area contributed by atoms with Crippen LogP contribution in [0.4, 0.5) is 13.2 Å². The van der Waals surface area contributed by atoms with Gasteiger partial charge in [-0.25, -0.2) is 4.98 Å². The molecule has 2 N–H and O–H groups in total. The first kappa shape index (κ1) is 14.6. The molecule has 0 spiro atoms. The number of ether oxygens (including phenoxy) is 1. The Morgan fingerprint density at radius 2 is 2.00 bits per heavy atom. The molecule has 0 aliphatic heterocycles. The fraction of sp³-hybridized carbons (Fsp3) is 0.333. The van der Waals surface area contributed by atoms with Crippen LogP contribution in [0.3, 0.4) is 0 Å². The van der Waals surface area contributed by atoms with Gasteiger partial charge in [0.15, 0.2) is 5.75 Å². The van der Waals surface area contributed by atoms with Crippen molar-refractivity contribution < 1.29 is 22.7 Å². The lowest BCUT2D eigenvalue weighted by molar-refractivity contribution is -0.274.